The van der Waals surface area contributed by atoms with Crippen LogP contribution in [0.15, 0.2) is 0 Å². The average Bonchev–Trinajstić information content (AvgIpc) is 0.722. The second kappa shape index (κ2) is 1.46. The van der Waals surface area contributed by atoms with E-state index >= 15 is 0 Å². The van der Waals surface area contributed by atoms with Crippen molar-refractivity contribution in [1.29, 1.82) is 0 Å². The molecule has 30 valence electrons. The van der Waals surface area contributed by atoms with E-state index in [1.807, 2.05) is 0 Å². The van der Waals surface area contributed by atoms with Gasteiger partial charge in [0.25, 0.3) is 0 Å². The van der Waals surface area contributed by atoms with Crippen LogP contribution < -0.4 is 0 Å². The van der Waals surface area contributed by atoms with Crippen molar-refractivity contribution in [2.45, 2.75) is 0 Å². The number of rotatable bonds is 0. The molecule has 2 N–H and O–H groups in total. The zero-order chi connectivity index (χ0) is 4.50. The van der Waals surface area contributed by atoms with Crippen molar-refractivity contribution in [2.24, 2.45) is 0 Å². The van der Waals surface area contributed by atoms with Crippen LogP contribution in [0.25, 0.3) is 0 Å². The van der Waals surface area contributed by atoms with Crippen molar-refractivity contribution in [2.75, 3.05) is 0 Å². The Hall–Kier alpha value is 0.734. The molecule has 0 saturated heterocycles. The Morgan fingerprint density at radius 1 is 1.60 bits per heavy atom. The molecule has 0 amide bonds. The normalized spacial score (nSPS) is 11.6. The first-order chi connectivity index (χ1) is 2.00. The molecule has 0 spiro atoms. The van der Waals surface area contributed by atoms with Gasteiger partial charge < -0.3 is 0 Å². The number of hydrogen-bond acceptors (Lipinski definition) is 1. The molecule has 3 nitrogen and oxygen atoms in total. The molecule has 0 aliphatic rings. The standard InChI is InChI=1S/HO3P.V/c1-4(2)3;/h(H-,1,2,3);/q;-1/p+1. The molecule has 0 rings (SSSR count). The summed E-state index contributed by atoms with van der Waals surface area (Å²) in [5.74, 6) is 0. The summed E-state index contributed by atoms with van der Waals surface area (Å²) in [5, 5.41) is 0. The maximum absolute atomic E-state index is 9.30. The second-order valence-corrected chi connectivity index (χ2v) is 3.98. The van der Waals surface area contributed by atoms with Gasteiger partial charge in [-0.3, -0.25) is 0 Å². The van der Waals surface area contributed by atoms with Gasteiger partial charge in [-0.1, -0.05) is 0 Å². The zero-order valence-electron chi connectivity index (χ0n) is 2.20. The second-order valence-electron chi connectivity index (χ2n) is 0.513. The maximum atomic E-state index is 9.30. The first-order valence-corrected chi connectivity index (χ1v) is 4.22. The molecule has 0 unspecified atom stereocenters. The molecule has 0 radical (unpaired) electrons. The Balaban J connectivity index is 3.47. The van der Waals surface area contributed by atoms with E-state index in [9.17, 15) is 4.57 Å². The van der Waals surface area contributed by atoms with E-state index in [0.717, 1.165) is 0 Å². The Morgan fingerprint density at radius 2 is 1.60 bits per heavy atom. The molecule has 0 aliphatic carbocycles. The summed E-state index contributed by atoms with van der Waals surface area (Å²) < 4.78 is 9.30. The van der Waals surface area contributed by atoms with Crippen molar-refractivity contribution in [3.8, 4) is 0 Å². The molecule has 0 aliphatic heterocycles. The van der Waals surface area contributed by atoms with Gasteiger partial charge in [0.2, 0.25) is 0 Å². The van der Waals surface area contributed by atoms with Crippen LogP contribution in [0.5, 0.6) is 0 Å². The number of hydrogen-bond donors (Lipinski definition) is 2. The third-order valence-corrected chi connectivity index (χ3v) is 0. The summed E-state index contributed by atoms with van der Waals surface area (Å²) in [6.45, 7) is 0. The van der Waals surface area contributed by atoms with E-state index in [2.05, 4.69) is 0 Å². The van der Waals surface area contributed by atoms with Crippen LogP contribution in [0.1, 0.15) is 0 Å². The van der Waals surface area contributed by atoms with E-state index in [0.29, 0.717) is 0 Å². The Kier molecular flexibility index (Phi) is 1.67. The van der Waals surface area contributed by atoms with Crippen LogP contribution in [-0.4, -0.2) is 9.79 Å². The minimum atomic E-state index is -3.70. The van der Waals surface area contributed by atoms with Crippen LogP contribution in [0, 0.1) is 0 Å². The van der Waals surface area contributed by atoms with Crippen LogP contribution in [0.2, 0.25) is 0 Å². The van der Waals surface area contributed by atoms with E-state index in [-0.39, 0.29) is 0 Å². The molecule has 0 aromatic heterocycles. The van der Waals surface area contributed by atoms with Gasteiger partial charge in [-0.25, -0.2) is 0 Å². The SMILES string of the molecule is O=[P](O)(O)[V]. The van der Waals surface area contributed by atoms with Crippen molar-refractivity contribution in [3.05, 3.63) is 0 Å². The molecule has 0 atom stereocenters. The predicted molar refractivity (Wildman–Crippen MR) is 12.0 cm³/mol. The molecule has 5 heavy (non-hydrogen) atoms. The Labute approximate surface area is 38.1 Å². The first kappa shape index (κ1) is 5.73. The third kappa shape index (κ3) is 65.6. The third-order valence-electron chi connectivity index (χ3n) is 0. The molecule has 0 aromatic rings. The Morgan fingerprint density at radius 3 is 1.60 bits per heavy atom. The van der Waals surface area contributed by atoms with Crippen LogP contribution in [0.3, 0.4) is 0 Å². The van der Waals surface area contributed by atoms with Crippen molar-refractivity contribution < 1.29 is 31.3 Å². The fraction of sp³-hybridized carbons (Fsp3) is 0. The van der Waals surface area contributed by atoms with E-state index in [4.69, 9.17) is 9.79 Å². The van der Waals surface area contributed by atoms with Gasteiger partial charge in [0.1, 0.15) is 0 Å². The molecule has 0 saturated carbocycles. The van der Waals surface area contributed by atoms with Crippen molar-refractivity contribution in [1.82, 2.24) is 0 Å². The summed E-state index contributed by atoms with van der Waals surface area (Å²) >= 11 is 1.25. The van der Waals surface area contributed by atoms with Crippen molar-refractivity contribution in [3.63, 3.8) is 0 Å². The van der Waals surface area contributed by atoms with Gasteiger partial charge in [0.05, 0.1) is 0 Å². The summed E-state index contributed by atoms with van der Waals surface area (Å²) in [6, 6.07) is -3.70. The summed E-state index contributed by atoms with van der Waals surface area (Å²) in [6.07, 6.45) is 0. The van der Waals surface area contributed by atoms with E-state index in [1.54, 1.807) is 0 Å². The van der Waals surface area contributed by atoms with Crippen LogP contribution in [-0.2, 0) is 21.5 Å². The van der Waals surface area contributed by atoms with E-state index < -0.39 is 6.07 Å². The quantitative estimate of drug-likeness (QED) is 0.442. The molecule has 0 heterocycles. The summed E-state index contributed by atoms with van der Waals surface area (Å²) in [4.78, 5) is 15.2. The van der Waals surface area contributed by atoms with Gasteiger partial charge in [-0.2, -0.15) is 0 Å². The van der Waals surface area contributed by atoms with Crippen LogP contribution >= 0.6 is 6.07 Å². The molecule has 0 bridgehead atoms. The molecule has 5 heteroatoms. The molecule has 0 aromatic carbocycles. The summed E-state index contributed by atoms with van der Waals surface area (Å²) in [5.41, 5.74) is 0. The average molecular weight is 132 g/mol. The first-order valence-electron chi connectivity index (χ1n) is 0.783. The summed E-state index contributed by atoms with van der Waals surface area (Å²) in [7, 11) is 0. The fourth-order valence-electron chi connectivity index (χ4n) is 0. The monoisotopic (exact) mass is 132 g/mol. The van der Waals surface area contributed by atoms with Gasteiger partial charge in [0.15, 0.2) is 0 Å². The molecular formula is H2O3PV. The van der Waals surface area contributed by atoms with Gasteiger partial charge in [-0.05, 0) is 0 Å². The van der Waals surface area contributed by atoms with E-state index in [1.165, 1.54) is 17.0 Å². The fourth-order valence-corrected chi connectivity index (χ4v) is 0. The zero-order valence-corrected chi connectivity index (χ0v) is 4.49. The molecule has 0 fully saturated rings. The topological polar surface area (TPSA) is 57.5 Å². The van der Waals surface area contributed by atoms with Gasteiger partial charge >= 0.3 is 37.4 Å². The van der Waals surface area contributed by atoms with Gasteiger partial charge in [-0.15, -0.1) is 0 Å². The minimum absolute atomic E-state index is 1.25. The predicted octanol–water partition coefficient (Wildman–Crippen LogP) is -0.374. The molecular weight excluding hydrogens is 130 g/mol. The Bertz CT molecular complexity index is 53.0. The van der Waals surface area contributed by atoms with Gasteiger partial charge in [0, 0.05) is 0 Å². The van der Waals surface area contributed by atoms with Crippen molar-refractivity contribution >= 4 is 6.07 Å². The van der Waals surface area contributed by atoms with Crippen LogP contribution in [0.4, 0.5) is 0 Å².